The molecule has 0 spiro atoms. The van der Waals surface area contributed by atoms with Crippen LogP contribution in [0.2, 0.25) is 0 Å². The van der Waals surface area contributed by atoms with Gasteiger partial charge in [-0.3, -0.25) is 14.8 Å². The van der Waals surface area contributed by atoms with Gasteiger partial charge in [0.25, 0.3) is 5.91 Å². The summed E-state index contributed by atoms with van der Waals surface area (Å²) in [5.41, 5.74) is 2.65. The van der Waals surface area contributed by atoms with Gasteiger partial charge in [-0.2, -0.15) is 0 Å². The number of allylic oxidation sites excluding steroid dienone is 2. The van der Waals surface area contributed by atoms with E-state index in [1.165, 1.54) is 0 Å². The summed E-state index contributed by atoms with van der Waals surface area (Å²) in [5.74, 6) is 0.517. The Balaban J connectivity index is 1.99. The number of aliphatic imine (C=N–C) groups is 1. The molecule has 2 rings (SSSR count). The molecule has 0 radical (unpaired) electrons. The largest absolute Gasteiger partial charge is 0.378 e. The average Bonchev–Trinajstić information content (AvgIpc) is 3.03. The highest BCUT2D eigenvalue weighted by molar-refractivity contribution is 5.94. The maximum Gasteiger partial charge on any atom is 0.253 e. The number of aromatic nitrogens is 1. The third-order valence-corrected chi connectivity index (χ3v) is 4.20. The Morgan fingerprint density at radius 3 is 2.79 bits per heavy atom. The minimum Gasteiger partial charge on any atom is -0.378 e. The van der Waals surface area contributed by atoms with Crippen LogP contribution in [-0.4, -0.2) is 54.1 Å². The molecule has 1 amide bonds. The van der Waals surface area contributed by atoms with Crippen LogP contribution in [0, 0.1) is 5.92 Å². The van der Waals surface area contributed by atoms with Gasteiger partial charge in [0.1, 0.15) is 0 Å². The van der Waals surface area contributed by atoms with E-state index >= 15 is 0 Å². The molecule has 0 aromatic carbocycles. The Kier molecular flexibility index (Phi) is 6.29. The molecule has 1 aromatic heterocycles. The molecule has 0 saturated carbocycles. The Morgan fingerprint density at radius 2 is 2.17 bits per heavy atom. The lowest BCUT2D eigenvalue weighted by Gasteiger charge is -2.17. The molecule has 2 heterocycles. The van der Waals surface area contributed by atoms with E-state index in [4.69, 9.17) is 0 Å². The topological polar surface area (TPSA) is 48.8 Å². The van der Waals surface area contributed by atoms with Gasteiger partial charge in [-0.1, -0.05) is 6.58 Å². The summed E-state index contributed by atoms with van der Waals surface area (Å²) >= 11 is 0. The molecule has 5 heteroatoms. The smallest absolute Gasteiger partial charge is 0.253 e. The highest BCUT2D eigenvalue weighted by Gasteiger charge is 2.27. The Labute approximate surface area is 144 Å². The van der Waals surface area contributed by atoms with Crippen molar-refractivity contribution in [2.45, 2.75) is 19.8 Å². The number of likely N-dealkylation sites (N-methyl/N-ethyl adjacent to an activating group) is 1. The van der Waals surface area contributed by atoms with Gasteiger partial charge in [-0.25, -0.2) is 0 Å². The average molecular weight is 326 g/mol. The number of amides is 1. The summed E-state index contributed by atoms with van der Waals surface area (Å²) in [5, 5.41) is 0. The summed E-state index contributed by atoms with van der Waals surface area (Å²) in [7, 11) is 3.94. The highest BCUT2D eigenvalue weighted by atomic mass is 16.2. The van der Waals surface area contributed by atoms with Gasteiger partial charge in [-0.15, -0.1) is 0 Å². The lowest BCUT2D eigenvalue weighted by Crippen LogP contribution is -2.28. The van der Waals surface area contributed by atoms with E-state index in [-0.39, 0.29) is 5.91 Å². The van der Waals surface area contributed by atoms with E-state index in [0.717, 1.165) is 37.3 Å². The predicted molar refractivity (Wildman–Crippen MR) is 97.9 cm³/mol. The number of carbonyl (C=O) groups excluding carboxylic acids is 1. The zero-order valence-electron chi connectivity index (χ0n) is 14.8. The minimum atomic E-state index is 0.0853. The van der Waals surface area contributed by atoms with Gasteiger partial charge in [0.05, 0.1) is 0 Å². The molecule has 1 saturated heterocycles. The second-order valence-corrected chi connectivity index (χ2v) is 6.25. The number of hydrogen-bond donors (Lipinski definition) is 0. The quantitative estimate of drug-likeness (QED) is 0.596. The Bertz CT molecular complexity index is 634. The SMILES string of the molecule is C=C(/C=C(/CC1CCN(C(=O)c2ccncc2)C1)N=CC)N(C)C. The van der Waals surface area contributed by atoms with Gasteiger partial charge in [0, 0.05) is 62.8 Å². The summed E-state index contributed by atoms with van der Waals surface area (Å²) in [4.78, 5) is 24.8. The molecule has 0 bridgehead atoms. The molecule has 1 aliphatic heterocycles. The number of carbonyl (C=O) groups is 1. The van der Waals surface area contributed by atoms with E-state index in [0.29, 0.717) is 11.5 Å². The molecule has 1 aliphatic rings. The standard InChI is InChI=1S/C19H26N4O/c1-5-21-18(12-15(2)22(3)4)13-16-8-11-23(14-16)19(24)17-6-9-20-10-7-17/h5-7,9-10,12,16H,2,8,11,13-14H2,1,3-4H3/b18-12-,21-5?. The predicted octanol–water partition coefficient (Wildman–Crippen LogP) is 2.98. The van der Waals surface area contributed by atoms with Crippen molar-refractivity contribution < 1.29 is 4.79 Å². The number of likely N-dealkylation sites (tertiary alicyclic amines) is 1. The fraction of sp³-hybridized carbons (Fsp3) is 0.421. The van der Waals surface area contributed by atoms with Crippen molar-refractivity contribution >= 4 is 12.1 Å². The van der Waals surface area contributed by atoms with Crippen LogP contribution in [0.25, 0.3) is 0 Å². The summed E-state index contributed by atoms with van der Waals surface area (Å²) in [6.45, 7) is 7.52. The molecule has 24 heavy (non-hydrogen) atoms. The Hall–Kier alpha value is -2.43. The van der Waals surface area contributed by atoms with Gasteiger partial charge in [0.15, 0.2) is 0 Å². The van der Waals surface area contributed by atoms with Crippen LogP contribution in [0.5, 0.6) is 0 Å². The van der Waals surface area contributed by atoms with Crippen molar-refractivity contribution in [3.8, 4) is 0 Å². The molecule has 1 aromatic rings. The molecular formula is C19H26N4O. The van der Waals surface area contributed by atoms with Crippen molar-refractivity contribution in [2.75, 3.05) is 27.2 Å². The van der Waals surface area contributed by atoms with Crippen molar-refractivity contribution in [1.82, 2.24) is 14.8 Å². The maximum atomic E-state index is 12.5. The maximum absolute atomic E-state index is 12.5. The molecule has 1 fully saturated rings. The summed E-state index contributed by atoms with van der Waals surface area (Å²) in [6.07, 6.45) is 9.00. The van der Waals surface area contributed by atoms with Crippen LogP contribution in [-0.2, 0) is 0 Å². The van der Waals surface area contributed by atoms with Gasteiger partial charge >= 0.3 is 0 Å². The van der Waals surface area contributed by atoms with Crippen molar-refractivity contribution in [1.29, 1.82) is 0 Å². The third kappa shape index (κ3) is 4.78. The molecule has 5 nitrogen and oxygen atoms in total. The van der Waals surface area contributed by atoms with E-state index < -0.39 is 0 Å². The van der Waals surface area contributed by atoms with Gasteiger partial charge in [-0.05, 0) is 43.9 Å². The normalized spacial score (nSPS) is 18.2. The fourth-order valence-corrected chi connectivity index (χ4v) is 2.79. The van der Waals surface area contributed by atoms with Gasteiger partial charge < -0.3 is 9.80 Å². The van der Waals surface area contributed by atoms with E-state index in [2.05, 4.69) is 16.6 Å². The molecule has 0 N–H and O–H groups in total. The Morgan fingerprint density at radius 1 is 1.46 bits per heavy atom. The van der Waals surface area contributed by atoms with Crippen molar-refractivity contribution in [2.24, 2.45) is 10.9 Å². The third-order valence-electron chi connectivity index (χ3n) is 4.20. The number of nitrogens with zero attached hydrogens (tertiary/aromatic N) is 4. The van der Waals surface area contributed by atoms with Crippen molar-refractivity contribution in [3.63, 3.8) is 0 Å². The first-order valence-electron chi connectivity index (χ1n) is 8.26. The second kappa shape index (κ2) is 8.43. The first-order chi connectivity index (χ1) is 11.5. The molecule has 128 valence electrons. The monoisotopic (exact) mass is 326 g/mol. The van der Waals surface area contributed by atoms with Crippen LogP contribution in [0.4, 0.5) is 0 Å². The molecule has 0 aliphatic carbocycles. The van der Waals surface area contributed by atoms with E-state index in [1.807, 2.05) is 43.1 Å². The summed E-state index contributed by atoms with van der Waals surface area (Å²) < 4.78 is 0. The number of pyridine rings is 1. The van der Waals surface area contributed by atoms with Crippen LogP contribution < -0.4 is 0 Å². The van der Waals surface area contributed by atoms with Gasteiger partial charge in [0.2, 0.25) is 0 Å². The van der Waals surface area contributed by atoms with Crippen LogP contribution in [0.3, 0.4) is 0 Å². The first kappa shape index (κ1) is 17.9. The molecule has 1 unspecified atom stereocenters. The van der Waals surface area contributed by atoms with Crippen molar-refractivity contribution in [3.05, 3.63) is 54.1 Å². The van der Waals surface area contributed by atoms with E-state index in [1.54, 1.807) is 24.5 Å². The minimum absolute atomic E-state index is 0.0853. The lowest BCUT2D eigenvalue weighted by molar-refractivity contribution is 0.0787. The zero-order valence-corrected chi connectivity index (χ0v) is 14.8. The summed E-state index contributed by atoms with van der Waals surface area (Å²) in [6, 6.07) is 3.53. The highest BCUT2D eigenvalue weighted by Crippen LogP contribution is 2.25. The van der Waals surface area contributed by atoms with Crippen LogP contribution >= 0.6 is 0 Å². The van der Waals surface area contributed by atoms with Crippen LogP contribution in [0.15, 0.2) is 53.6 Å². The molecule has 1 atom stereocenters. The molecular weight excluding hydrogens is 300 g/mol. The number of rotatable bonds is 6. The van der Waals surface area contributed by atoms with E-state index in [9.17, 15) is 4.79 Å². The second-order valence-electron chi connectivity index (χ2n) is 6.25. The van der Waals surface area contributed by atoms with Crippen LogP contribution in [0.1, 0.15) is 30.1 Å². The first-order valence-corrected chi connectivity index (χ1v) is 8.26. The fourth-order valence-electron chi connectivity index (χ4n) is 2.79. The zero-order chi connectivity index (χ0) is 17.5. The number of hydrogen-bond acceptors (Lipinski definition) is 4. The lowest BCUT2D eigenvalue weighted by atomic mass is 10.0.